The van der Waals surface area contributed by atoms with Crippen LogP contribution in [0.25, 0.3) is 0 Å². The molecule has 0 aliphatic carbocycles. The Kier molecular flexibility index (Phi) is 4.16. The Bertz CT molecular complexity index is 475. The molecule has 0 bridgehead atoms. The van der Waals surface area contributed by atoms with Crippen LogP contribution in [0.3, 0.4) is 0 Å². The van der Waals surface area contributed by atoms with Crippen LogP contribution >= 0.6 is 0 Å². The number of sulfonamides is 1. The summed E-state index contributed by atoms with van der Waals surface area (Å²) in [4.78, 5) is 0. The summed E-state index contributed by atoms with van der Waals surface area (Å²) in [6.45, 7) is 6.10. The van der Waals surface area contributed by atoms with Crippen molar-refractivity contribution in [3.63, 3.8) is 0 Å². The Morgan fingerprint density at radius 3 is 2.35 bits per heavy atom. The van der Waals surface area contributed by atoms with E-state index in [0.29, 0.717) is 5.75 Å². The van der Waals surface area contributed by atoms with E-state index in [0.717, 1.165) is 11.8 Å². The maximum absolute atomic E-state index is 11.0. The van der Waals surface area contributed by atoms with Crippen molar-refractivity contribution < 1.29 is 13.2 Å². The first-order valence-corrected chi connectivity index (χ1v) is 7.28. The second kappa shape index (κ2) is 5.06. The predicted molar refractivity (Wildman–Crippen MR) is 68.5 cm³/mol. The first kappa shape index (κ1) is 14.0. The van der Waals surface area contributed by atoms with Gasteiger partial charge in [0.1, 0.15) is 11.4 Å². The minimum absolute atomic E-state index is 0.241. The van der Waals surface area contributed by atoms with E-state index < -0.39 is 10.0 Å². The molecule has 0 aromatic heterocycles. The largest absolute Gasteiger partial charge is 0.488 e. The van der Waals surface area contributed by atoms with E-state index in [-0.39, 0.29) is 12.1 Å². The van der Waals surface area contributed by atoms with Gasteiger partial charge in [-0.1, -0.05) is 18.2 Å². The van der Waals surface area contributed by atoms with Gasteiger partial charge in [0.15, 0.2) is 0 Å². The normalized spacial score (nSPS) is 12.5. The number of para-hydroxylation sites is 1. The van der Waals surface area contributed by atoms with Gasteiger partial charge in [-0.15, -0.1) is 0 Å². The Balaban J connectivity index is 2.85. The highest BCUT2D eigenvalue weighted by molar-refractivity contribution is 7.88. The van der Waals surface area contributed by atoms with E-state index in [1.165, 1.54) is 0 Å². The Labute approximate surface area is 103 Å². The summed E-state index contributed by atoms with van der Waals surface area (Å²) >= 11 is 0. The second-order valence-electron chi connectivity index (χ2n) is 4.92. The van der Waals surface area contributed by atoms with Crippen molar-refractivity contribution in [2.75, 3.05) is 6.26 Å². The van der Waals surface area contributed by atoms with E-state index in [9.17, 15) is 8.42 Å². The number of benzene rings is 1. The zero-order chi connectivity index (χ0) is 13.1. The molecule has 96 valence electrons. The number of rotatable bonds is 4. The van der Waals surface area contributed by atoms with Crippen molar-refractivity contribution in [2.45, 2.75) is 32.9 Å². The molecule has 0 unspecified atom stereocenters. The molecule has 0 saturated heterocycles. The third kappa shape index (κ3) is 5.70. The first-order valence-electron chi connectivity index (χ1n) is 5.39. The molecule has 0 radical (unpaired) electrons. The molecule has 5 heteroatoms. The van der Waals surface area contributed by atoms with E-state index in [1.54, 1.807) is 0 Å². The van der Waals surface area contributed by atoms with Crippen molar-refractivity contribution >= 4 is 10.0 Å². The molecule has 1 N–H and O–H groups in total. The third-order valence-electron chi connectivity index (χ3n) is 1.91. The predicted octanol–water partition coefficient (Wildman–Crippen LogP) is 1.91. The van der Waals surface area contributed by atoms with Gasteiger partial charge in [0.2, 0.25) is 10.0 Å². The Morgan fingerprint density at radius 1 is 1.24 bits per heavy atom. The van der Waals surface area contributed by atoms with Crippen molar-refractivity contribution in [2.24, 2.45) is 0 Å². The van der Waals surface area contributed by atoms with Crippen LogP contribution in [0.2, 0.25) is 0 Å². The smallest absolute Gasteiger partial charge is 0.209 e. The summed E-state index contributed by atoms with van der Waals surface area (Å²) in [5.74, 6) is 0.705. The van der Waals surface area contributed by atoms with Gasteiger partial charge in [-0.25, -0.2) is 13.1 Å². The molecule has 0 spiro atoms. The van der Waals surface area contributed by atoms with Crippen LogP contribution in [0.5, 0.6) is 5.75 Å². The Hall–Kier alpha value is -1.07. The van der Waals surface area contributed by atoms with Gasteiger partial charge < -0.3 is 4.74 Å². The maximum Gasteiger partial charge on any atom is 0.209 e. The van der Waals surface area contributed by atoms with Gasteiger partial charge in [0.05, 0.1) is 6.26 Å². The molecule has 0 atom stereocenters. The highest BCUT2D eigenvalue weighted by Crippen LogP contribution is 2.22. The molecule has 17 heavy (non-hydrogen) atoms. The van der Waals surface area contributed by atoms with Gasteiger partial charge in [-0.3, -0.25) is 0 Å². The van der Waals surface area contributed by atoms with Crippen LogP contribution in [-0.2, 0) is 16.6 Å². The fourth-order valence-electron chi connectivity index (χ4n) is 1.29. The lowest BCUT2D eigenvalue weighted by Crippen LogP contribution is -2.25. The molecule has 0 amide bonds. The standard InChI is InChI=1S/C12H19NO3S/c1-12(2,3)16-11-8-6-5-7-10(11)9-13-17(4,14)15/h5-8,13H,9H2,1-4H3. The van der Waals surface area contributed by atoms with Crippen molar-refractivity contribution in [3.8, 4) is 5.75 Å². The number of nitrogens with one attached hydrogen (secondary N) is 1. The van der Waals surface area contributed by atoms with E-state index >= 15 is 0 Å². The zero-order valence-corrected chi connectivity index (χ0v) is 11.5. The fraction of sp³-hybridized carbons (Fsp3) is 0.500. The minimum Gasteiger partial charge on any atom is -0.488 e. The van der Waals surface area contributed by atoms with Gasteiger partial charge in [-0.2, -0.15) is 0 Å². The molecule has 0 heterocycles. The zero-order valence-electron chi connectivity index (χ0n) is 10.6. The summed E-state index contributed by atoms with van der Waals surface area (Å²) in [6.07, 6.45) is 1.14. The highest BCUT2D eigenvalue weighted by Gasteiger charge is 2.14. The lowest BCUT2D eigenvalue weighted by molar-refractivity contribution is 0.129. The molecule has 1 aromatic rings. The van der Waals surface area contributed by atoms with Gasteiger partial charge >= 0.3 is 0 Å². The van der Waals surface area contributed by atoms with Gasteiger partial charge in [-0.05, 0) is 26.8 Å². The maximum atomic E-state index is 11.0. The summed E-state index contributed by atoms with van der Waals surface area (Å²) in [6, 6.07) is 7.41. The van der Waals surface area contributed by atoms with Crippen LogP contribution in [0.15, 0.2) is 24.3 Å². The molecule has 0 saturated carbocycles. The molecule has 1 rings (SSSR count). The molecular weight excluding hydrogens is 238 g/mol. The molecule has 0 aliphatic rings. The average molecular weight is 257 g/mol. The minimum atomic E-state index is -3.19. The molecule has 0 aliphatic heterocycles. The van der Waals surface area contributed by atoms with E-state index in [2.05, 4.69) is 4.72 Å². The van der Waals surface area contributed by atoms with E-state index in [4.69, 9.17) is 4.74 Å². The van der Waals surface area contributed by atoms with Crippen molar-refractivity contribution in [1.29, 1.82) is 0 Å². The quantitative estimate of drug-likeness (QED) is 0.896. The SMILES string of the molecule is CC(C)(C)Oc1ccccc1CNS(C)(=O)=O. The third-order valence-corrected chi connectivity index (χ3v) is 2.58. The molecule has 4 nitrogen and oxygen atoms in total. The number of hydrogen-bond acceptors (Lipinski definition) is 3. The van der Waals surface area contributed by atoms with Crippen LogP contribution in [0.1, 0.15) is 26.3 Å². The summed E-state index contributed by atoms with van der Waals surface area (Å²) < 4.78 is 30.3. The number of ether oxygens (including phenoxy) is 1. The molecule has 0 fully saturated rings. The lowest BCUT2D eigenvalue weighted by Gasteiger charge is -2.23. The monoisotopic (exact) mass is 257 g/mol. The van der Waals surface area contributed by atoms with Crippen LogP contribution in [0, 0.1) is 0 Å². The topological polar surface area (TPSA) is 55.4 Å². The summed E-state index contributed by atoms with van der Waals surface area (Å²) in [5, 5.41) is 0. The average Bonchev–Trinajstić information content (AvgIpc) is 2.12. The molecule has 1 aromatic carbocycles. The first-order chi connectivity index (χ1) is 7.67. The van der Waals surface area contributed by atoms with E-state index in [1.807, 2.05) is 45.0 Å². The van der Waals surface area contributed by atoms with Crippen LogP contribution in [0.4, 0.5) is 0 Å². The number of hydrogen-bond donors (Lipinski definition) is 1. The van der Waals surface area contributed by atoms with Gasteiger partial charge in [0.25, 0.3) is 0 Å². The molecular formula is C12H19NO3S. The lowest BCUT2D eigenvalue weighted by atomic mass is 10.1. The fourth-order valence-corrected chi connectivity index (χ4v) is 1.71. The van der Waals surface area contributed by atoms with Gasteiger partial charge in [0, 0.05) is 12.1 Å². The summed E-state index contributed by atoms with van der Waals surface area (Å²) in [5.41, 5.74) is 0.522. The summed E-state index contributed by atoms with van der Waals surface area (Å²) in [7, 11) is -3.19. The van der Waals surface area contributed by atoms with Crippen molar-refractivity contribution in [3.05, 3.63) is 29.8 Å². The highest BCUT2D eigenvalue weighted by atomic mass is 32.2. The van der Waals surface area contributed by atoms with Crippen LogP contribution < -0.4 is 9.46 Å². The van der Waals surface area contributed by atoms with Crippen LogP contribution in [-0.4, -0.2) is 20.3 Å². The second-order valence-corrected chi connectivity index (χ2v) is 6.75. The van der Waals surface area contributed by atoms with Crippen molar-refractivity contribution in [1.82, 2.24) is 4.72 Å². The Morgan fingerprint density at radius 2 is 1.82 bits per heavy atom.